The Morgan fingerprint density at radius 1 is 1.57 bits per heavy atom. The summed E-state index contributed by atoms with van der Waals surface area (Å²) >= 11 is 13.3. The number of hydrogen-bond donors (Lipinski definition) is 1. The highest BCUT2D eigenvalue weighted by Gasteiger charge is 2.47. The molecular weight excluding hydrogens is 324 g/mol. The average molecular weight is 343 g/mol. The molecule has 1 N–H and O–H groups in total. The molecule has 0 radical (unpaired) electrons. The summed E-state index contributed by atoms with van der Waals surface area (Å²) in [5, 5.41) is 4.25. The molecule has 0 aromatic heterocycles. The number of thioether (sulfide) groups is 1. The Bertz CT molecular complexity index is 569. The van der Waals surface area contributed by atoms with Crippen LogP contribution in [0.1, 0.15) is 30.5 Å². The van der Waals surface area contributed by atoms with E-state index in [0.29, 0.717) is 5.88 Å². The van der Waals surface area contributed by atoms with Crippen LogP contribution in [-0.4, -0.2) is 34.3 Å². The van der Waals surface area contributed by atoms with Crippen LogP contribution in [0.3, 0.4) is 0 Å². The molecule has 1 aromatic rings. The van der Waals surface area contributed by atoms with Crippen LogP contribution in [0.4, 0.5) is 0 Å². The number of halogens is 1. The van der Waals surface area contributed by atoms with E-state index >= 15 is 0 Å². The van der Waals surface area contributed by atoms with E-state index in [1.165, 1.54) is 0 Å². The minimum atomic E-state index is -0.363. The van der Waals surface area contributed by atoms with Crippen LogP contribution in [-0.2, 0) is 5.88 Å². The van der Waals surface area contributed by atoms with Gasteiger partial charge in [-0.15, -0.1) is 11.6 Å². The van der Waals surface area contributed by atoms with Crippen LogP contribution in [0.25, 0.3) is 0 Å². The Morgan fingerprint density at radius 2 is 2.38 bits per heavy atom. The first-order valence-electron chi connectivity index (χ1n) is 7.02. The molecule has 114 valence electrons. The molecular formula is C15H19ClN2OS2. The maximum absolute atomic E-state index is 6.32. The summed E-state index contributed by atoms with van der Waals surface area (Å²) in [6, 6.07) is 6.39. The van der Waals surface area contributed by atoms with Crippen molar-refractivity contribution in [3.05, 3.63) is 29.3 Å². The molecule has 1 fully saturated rings. The zero-order chi connectivity index (χ0) is 15.0. The zero-order valence-electron chi connectivity index (χ0n) is 12.2. The summed E-state index contributed by atoms with van der Waals surface area (Å²) in [6.07, 6.45) is 3.00. The molecule has 2 aliphatic rings. The molecule has 3 rings (SSSR count). The molecule has 2 unspecified atom stereocenters. The van der Waals surface area contributed by atoms with Crippen molar-refractivity contribution in [2.45, 2.75) is 31.0 Å². The third-order valence-corrected chi connectivity index (χ3v) is 5.39. The number of thiocarbonyl (C=S) groups is 1. The molecule has 3 nitrogen and oxygen atoms in total. The summed E-state index contributed by atoms with van der Waals surface area (Å²) < 4.78 is 6.32. The first-order valence-corrected chi connectivity index (χ1v) is 9.36. The highest BCUT2D eigenvalue weighted by atomic mass is 35.5. The van der Waals surface area contributed by atoms with E-state index in [4.69, 9.17) is 28.6 Å². The molecule has 0 spiro atoms. The van der Waals surface area contributed by atoms with E-state index in [0.717, 1.165) is 40.7 Å². The molecule has 2 heterocycles. The summed E-state index contributed by atoms with van der Waals surface area (Å²) in [5.41, 5.74) is 1.91. The fourth-order valence-electron chi connectivity index (χ4n) is 3.07. The smallest absolute Gasteiger partial charge is 0.184 e. The lowest BCUT2D eigenvalue weighted by Gasteiger charge is -2.52. The highest BCUT2D eigenvalue weighted by Crippen LogP contribution is 2.44. The summed E-state index contributed by atoms with van der Waals surface area (Å²) in [5.74, 6) is 2.48. The Hall–Kier alpha value is -0.650. The van der Waals surface area contributed by atoms with Crippen molar-refractivity contribution >= 4 is 40.7 Å². The number of alkyl halides is 1. The standard InChI is InChI=1S/C15H19ClN2OS2/c1-15-8-12(17-14(20)18(15)5-6-21-2)11-7-10(9-16)3-4-13(11)19-15/h3-4,7,12H,5-6,8-9H2,1-2H3,(H,17,20). The second-order valence-corrected chi connectivity index (χ2v) is 7.27. The maximum Gasteiger partial charge on any atom is 0.184 e. The number of nitrogens with zero attached hydrogens (tertiary/aromatic N) is 1. The summed E-state index contributed by atoms with van der Waals surface area (Å²) in [7, 11) is 0. The predicted molar refractivity (Wildman–Crippen MR) is 93.2 cm³/mol. The van der Waals surface area contributed by atoms with Crippen molar-refractivity contribution in [2.24, 2.45) is 0 Å². The van der Waals surface area contributed by atoms with Crippen molar-refractivity contribution < 1.29 is 4.74 Å². The molecule has 1 saturated heterocycles. The van der Waals surface area contributed by atoms with Gasteiger partial charge in [-0.25, -0.2) is 0 Å². The molecule has 1 aromatic carbocycles. The molecule has 6 heteroatoms. The lowest BCUT2D eigenvalue weighted by Crippen LogP contribution is -2.65. The molecule has 21 heavy (non-hydrogen) atoms. The lowest BCUT2D eigenvalue weighted by molar-refractivity contribution is -0.0654. The maximum atomic E-state index is 6.32. The molecule has 2 atom stereocenters. The average Bonchev–Trinajstić information content (AvgIpc) is 2.46. The SMILES string of the molecule is CSCCN1C(=S)NC2CC1(C)Oc1ccc(CCl)cc12. The minimum absolute atomic E-state index is 0.208. The van der Waals surface area contributed by atoms with Crippen LogP contribution in [0.2, 0.25) is 0 Å². The molecule has 0 saturated carbocycles. The highest BCUT2D eigenvalue weighted by molar-refractivity contribution is 7.98. The van der Waals surface area contributed by atoms with Crippen LogP contribution in [0, 0.1) is 0 Å². The molecule has 0 aliphatic carbocycles. The quantitative estimate of drug-likeness (QED) is 0.666. The van der Waals surface area contributed by atoms with Gasteiger partial charge < -0.3 is 15.0 Å². The van der Waals surface area contributed by atoms with Gasteiger partial charge in [-0.3, -0.25) is 0 Å². The van der Waals surface area contributed by atoms with Crippen LogP contribution in [0.5, 0.6) is 5.75 Å². The van der Waals surface area contributed by atoms with Gasteiger partial charge in [-0.2, -0.15) is 11.8 Å². The Balaban J connectivity index is 1.94. The summed E-state index contributed by atoms with van der Waals surface area (Å²) in [4.78, 5) is 2.17. The molecule has 2 bridgehead atoms. The van der Waals surface area contributed by atoms with Gasteiger partial charge in [-0.1, -0.05) is 6.07 Å². The van der Waals surface area contributed by atoms with Crippen LogP contribution >= 0.6 is 35.6 Å². The van der Waals surface area contributed by atoms with Gasteiger partial charge in [0.25, 0.3) is 0 Å². The van der Waals surface area contributed by atoms with E-state index in [2.05, 4.69) is 29.5 Å². The predicted octanol–water partition coefficient (Wildman–Crippen LogP) is 3.52. The van der Waals surface area contributed by atoms with Crippen molar-refractivity contribution in [3.63, 3.8) is 0 Å². The van der Waals surface area contributed by atoms with Gasteiger partial charge in [0.2, 0.25) is 0 Å². The third-order valence-electron chi connectivity index (χ3n) is 4.15. The van der Waals surface area contributed by atoms with E-state index in [1.54, 1.807) is 0 Å². The van der Waals surface area contributed by atoms with Crippen LogP contribution < -0.4 is 10.1 Å². The number of nitrogens with one attached hydrogen (secondary N) is 1. The topological polar surface area (TPSA) is 24.5 Å². The number of ether oxygens (including phenoxy) is 1. The number of benzene rings is 1. The van der Waals surface area contributed by atoms with Gasteiger partial charge in [0.05, 0.1) is 6.04 Å². The fraction of sp³-hybridized carbons (Fsp3) is 0.533. The Morgan fingerprint density at radius 3 is 3.10 bits per heavy atom. The van der Waals surface area contributed by atoms with Gasteiger partial charge in [0.1, 0.15) is 5.75 Å². The number of fused-ring (bicyclic) bond motifs is 4. The monoisotopic (exact) mass is 342 g/mol. The fourth-order valence-corrected chi connectivity index (χ4v) is 4.03. The first-order chi connectivity index (χ1) is 10.1. The van der Waals surface area contributed by atoms with E-state index in [-0.39, 0.29) is 11.8 Å². The van der Waals surface area contributed by atoms with E-state index in [1.807, 2.05) is 23.9 Å². The van der Waals surface area contributed by atoms with Crippen molar-refractivity contribution in [1.29, 1.82) is 0 Å². The summed E-state index contributed by atoms with van der Waals surface area (Å²) in [6.45, 7) is 3.02. The minimum Gasteiger partial charge on any atom is -0.468 e. The van der Waals surface area contributed by atoms with Crippen LogP contribution in [0.15, 0.2) is 18.2 Å². The molecule has 0 amide bonds. The second-order valence-electron chi connectivity index (χ2n) is 5.63. The van der Waals surface area contributed by atoms with Gasteiger partial charge in [0.15, 0.2) is 10.8 Å². The third kappa shape index (κ3) is 2.71. The van der Waals surface area contributed by atoms with E-state index in [9.17, 15) is 0 Å². The van der Waals surface area contributed by atoms with Gasteiger partial charge >= 0.3 is 0 Å². The van der Waals surface area contributed by atoms with Gasteiger partial charge in [-0.05, 0) is 43.1 Å². The largest absolute Gasteiger partial charge is 0.468 e. The first kappa shape index (κ1) is 15.3. The number of rotatable bonds is 4. The number of hydrogen-bond acceptors (Lipinski definition) is 3. The Labute approximate surface area is 140 Å². The van der Waals surface area contributed by atoms with E-state index < -0.39 is 0 Å². The lowest BCUT2D eigenvalue weighted by atomic mass is 9.90. The van der Waals surface area contributed by atoms with Crippen molar-refractivity contribution in [1.82, 2.24) is 10.2 Å². The van der Waals surface area contributed by atoms with Crippen molar-refractivity contribution in [3.8, 4) is 5.75 Å². The molecule has 2 aliphatic heterocycles. The second kappa shape index (κ2) is 5.86. The normalized spacial score (nSPS) is 26.9. The zero-order valence-corrected chi connectivity index (χ0v) is 14.6. The van der Waals surface area contributed by atoms with Crippen molar-refractivity contribution in [2.75, 3.05) is 18.6 Å². The Kier molecular flexibility index (Phi) is 4.26. The van der Waals surface area contributed by atoms with Gasteiger partial charge in [0, 0.05) is 30.2 Å².